The fraction of sp³-hybridized carbons (Fsp3) is 0. The molecule has 7 aromatic carbocycles. The maximum Gasteiger partial charge on any atom is 0.164 e. The van der Waals surface area contributed by atoms with Crippen molar-refractivity contribution in [2.75, 3.05) is 0 Å². The van der Waals surface area contributed by atoms with Crippen molar-refractivity contribution < 1.29 is 0 Å². The van der Waals surface area contributed by atoms with Gasteiger partial charge in [0.1, 0.15) is 0 Å². The number of para-hydroxylation sites is 3. The Morgan fingerprint density at radius 1 is 0.286 bits per heavy atom. The number of hydrogen-bond donors (Lipinski definition) is 0. The first-order valence-corrected chi connectivity index (χ1v) is 16.5. The minimum atomic E-state index is 0.637. The average molecular weight is 627 g/mol. The Balaban J connectivity index is 1.13. The third-order valence-electron chi connectivity index (χ3n) is 9.10. The molecule has 0 atom stereocenters. The van der Waals surface area contributed by atoms with E-state index in [1.54, 1.807) is 0 Å². The Labute approximate surface area is 284 Å². The Kier molecular flexibility index (Phi) is 7.10. The van der Waals surface area contributed by atoms with Crippen LogP contribution in [0.25, 0.3) is 83.9 Å². The Hall–Kier alpha value is -6.65. The van der Waals surface area contributed by atoms with Crippen LogP contribution in [-0.2, 0) is 0 Å². The summed E-state index contributed by atoms with van der Waals surface area (Å²) in [5.41, 5.74) is 10.9. The number of hydrogen-bond acceptors (Lipinski definition) is 3. The van der Waals surface area contributed by atoms with Crippen LogP contribution in [0.1, 0.15) is 0 Å². The lowest BCUT2D eigenvalue weighted by molar-refractivity contribution is 1.07. The van der Waals surface area contributed by atoms with Crippen molar-refractivity contribution >= 4 is 21.8 Å². The van der Waals surface area contributed by atoms with Gasteiger partial charge in [-0.15, -0.1) is 0 Å². The molecular formula is C45H30N4. The van der Waals surface area contributed by atoms with E-state index in [2.05, 4.69) is 150 Å². The van der Waals surface area contributed by atoms with E-state index in [1.165, 1.54) is 27.4 Å². The highest BCUT2D eigenvalue weighted by atomic mass is 15.0. The summed E-state index contributed by atoms with van der Waals surface area (Å²) in [6, 6.07) is 63.4. The van der Waals surface area contributed by atoms with E-state index in [0.717, 1.165) is 39.1 Å². The largest absolute Gasteiger partial charge is 0.309 e. The fourth-order valence-electron chi connectivity index (χ4n) is 6.69. The van der Waals surface area contributed by atoms with Crippen molar-refractivity contribution in [3.05, 3.63) is 182 Å². The van der Waals surface area contributed by atoms with Gasteiger partial charge in [0.2, 0.25) is 0 Å². The highest BCUT2D eigenvalue weighted by Crippen LogP contribution is 2.36. The van der Waals surface area contributed by atoms with Gasteiger partial charge in [-0.05, 0) is 34.9 Å². The second-order valence-corrected chi connectivity index (χ2v) is 12.1. The molecule has 0 radical (unpaired) electrons. The monoisotopic (exact) mass is 626 g/mol. The molecule has 4 heteroatoms. The van der Waals surface area contributed by atoms with Gasteiger partial charge in [-0.1, -0.05) is 164 Å². The van der Waals surface area contributed by atoms with E-state index >= 15 is 0 Å². The number of nitrogens with zero attached hydrogens (tertiary/aromatic N) is 4. The molecule has 0 amide bonds. The summed E-state index contributed by atoms with van der Waals surface area (Å²) in [6.45, 7) is 0. The smallest absolute Gasteiger partial charge is 0.164 e. The van der Waals surface area contributed by atoms with Crippen molar-refractivity contribution in [2.45, 2.75) is 0 Å². The normalized spacial score (nSPS) is 11.3. The summed E-state index contributed by atoms with van der Waals surface area (Å²) in [5.74, 6) is 1.93. The molecule has 4 nitrogen and oxygen atoms in total. The van der Waals surface area contributed by atoms with Gasteiger partial charge in [-0.2, -0.15) is 0 Å². The molecule has 0 aliphatic carbocycles. The summed E-state index contributed by atoms with van der Waals surface area (Å²) in [7, 11) is 0. The van der Waals surface area contributed by atoms with Gasteiger partial charge in [0, 0.05) is 33.0 Å². The second-order valence-electron chi connectivity index (χ2n) is 12.1. The van der Waals surface area contributed by atoms with Crippen LogP contribution >= 0.6 is 0 Å². The van der Waals surface area contributed by atoms with Crippen LogP contribution in [0, 0.1) is 0 Å². The van der Waals surface area contributed by atoms with E-state index in [9.17, 15) is 0 Å². The predicted octanol–water partition coefficient (Wildman–Crippen LogP) is 11.3. The van der Waals surface area contributed by atoms with Crippen LogP contribution in [0.4, 0.5) is 0 Å². The van der Waals surface area contributed by atoms with Crippen LogP contribution in [-0.4, -0.2) is 19.5 Å². The molecule has 230 valence electrons. The first-order chi connectivity index (χ1) is 24.3. The molecule has 0 saturated carbocycles. The molecule has 0 spiro atoms. The molecule has 2 aromatic heterocycles. The minimum absolute atomic E-state index is 0.637. The lowest BCUT2D eigenvalue weighted by Gasteiger charge is -2.14. The van der Waals surface area contributed by atoms with Crippen LogP contribution in [0.5, 0.6) is 0 Å². The third-order valence-corrected chi connectivity index (χ3v) is 9.10. The molecule has 0 N–H and O–H groups in total. The lowest BCUT2D eigenvalue weighted by Crippen LogP contribution is -2.00. The Morgan fingerprint density at radius 3 is 1.20 bits per heavy atom. The van der Waals surface area contributed by atoms with Crippen LogP contribution in [0.2, 0.25) is 0 Å². The van der Waals surface area contributed by atoms with Gasteiger partial charge in [0.05, 0.1) is 16.7 Å². The summed E-state index contributed by atoms with van der Waals surface area (Å²) in [6.07, 6.45) is 0. The fourth-order valence-corrected chi connectivity index (χ4v) is 6.69. The quantitative estimate of drug-likeness (QED) is 0.184. The molecule has 9 rings (SSSR count). The van der Waals surface area contributed by atoms with Gasteiger partial charge in [0.15, 0.2) is 17.5 Å². The molecule has 0 aliphatic rings. The van der Waals surface area contributed by atoms with E-state index in [0.29, 0.717) is 17.5 Å². The van der Waals surface area contributed by atoms with Gasteiger partial charge >= 0.3 is 0 Å². The first kappa shape index (κ1) is 28.6. The molecule has 0 unspecified atom stereocenters. The topological polar surface area (TPSA) is 43.6 Å². The van der Waals surface area contributed by atoms with E-state index in [1.807, 2.05) is 36.4 Å². The van der Waals surface area contributed by atoms with E-state index in [-0.39, 0.29) is 0 Å². The van der Waals surface area contributed by atoms with Crippen LogP contribution in [0.15, 0.2) is 182 Å². The summed E-state index contributed by atoms with van der Waals surface area (Å²) in [5, 5.41) is 2.50. The lowest BCUT2D eigenvalue weighted by atomic mass is 10.0. The zero-order chi connectivity index (χ0) is 32.6. The molecule has 2 heterocycles. The molecule has 0 aliphatic heterocycles. The zero-order valence-corrected chi connectivity index (χ0v) is 26.6. The van der Waals surface area contributed by atoms with Crippen molar-refractivity contribution in [3.63, 3.8) is 0 Å². The molecule has 0 bridgehead atoms. The second kappa shape index (κ2) is 12.2. The SMILES string of the molecule is c1ccc(-c2ccc(-c3nc(-c4ccccc4)nc(-c4ccc(-c5ccccc5-n5c6ccccc6c6ccccc65)cc4)n3)cc2)cc1. The van der Waals surface area contributed by atoms with Crippen molar-refractivity contribution in [2.24, 2.45) is 0 Å². The summed E-state index contributed by atoms with van der Waals surface area (Å²) < 4.78 is 2.38. The van der Waals surface area contributed by atoms with Gasteiger partial charge in [0.25, 0.3) is 0 Å². The van der Waals surface area contributed by atoms with Crippen LogP contribution < -0.4 is 0 Å². The molecule has 9 aromatic rings. The van der Waals surface area contributed by atoms with E-state index in [4.69, 9.17) is 15.0 Å². The van der Waals surface area contributed by atoms with Gasteiger partial charge in [-0.25, -0.2) is 15.0 Å². The molecule has 49 heavy (non-hydrogen) atoms. The summed E-state index contributed by atoms with van der Waals surface area (Å²) >= 11 is 0. The molecule has 0 fully saturated rings. The molecular weight excluding hydrogens is 597 g/mol. The van der Waals surface area contributed by atoms with Gasteiger partial charge in [-0.3, -0.25) is 0 Å². The standard InChI is InChI=1S/C45H30N4/c1-3-13-31(14-4-1)32-23-27-35(28-24-32)44-46-43(34-15-5-2-6-16-34)47-45(48-44)36-29-25-33(26-30-36)37-17-7-10-20-40(37)49-41-21-11-8-18-38(41)39-19-9-12-22-42(39)49/h1-30H. The first-order valence-electron chi connectivity index (χ1n) is 16.5. The minimum Gasteiger partial charge on any atom is -0.309 e. The predicted molar refractivity (Wildman–Crippen MR) is 201 cm³/mol. The molecule has 0 saturated heterocycles. The summed E-state index contributed by atoms with van der Waals surface area (Å²) in [4.78, 5) is 14.9. The Bertz CT molecular complexity index is 2520. The van der Waals surface area contributed by atoms with E-state index < -0.39 is 0 Å². The third kappa shape index (κ3) is 5.26. The highest BCUT2D eigenvalue weighted by molar-refractivity contribution is 6.09. The number of aromatic nitrogens is 4. The Morgan fingerprint density at radius 2 is 0.653 bits per heavy atom. The highest BCUT2D eigenvalue weighted by Gasteiger charge is 2.16. The maximum atomic E-state index is 5.00. The zero-order valence-electron chi connectivity index (χ0n) is 26.6. The van der Waals surface area contributed by atoms with Crippen molar-refractivity contribution in [1.29, 1.82) is 0 Å². The number of fused-ring (bicyclic) bond motifs is 3. The number of benzene rings is 7. The van der Waals surface area contributed by atoms with Crippen molar-refractivity contribution in [1.82, 2.24) is 19.5 Å². The van der Waals surface area contributed by atoms with Crippen LogP contribution in [0.3, 0.4) is 0 Å². The van der Waals surface area contributed by atoms with Crippen molar-refractivity contribution in [3.8, 4) is 62.1 Å². The maximum absolute atomic E-state index is 5.00. The number of rotatable bonds is 6. The van der Waals surface area contributed by atoms with Gasteiger partial charge < -0.3 is 4.57 Å². The average Bonchev–Trinajstić information content (AvgIpc) is 3.53.